The Hall–Kier alpha value is -0.760. The fourth-order valence-corrected chi connectivity index (χ4v) is 1.85. The lowest BCUT2D eigenvalue weighted by molar-refractivity contribution is 0.357. The van der Waals surface area contributed by atoms with Crippen LogP contribution < -0.4 is 5.32 Å². The Balaban J connectivity index is 2.47. The van der Waals surface area contributed by atoms with Gasteiger partial charge < -0.3 is 9.73 Å². The first-order valence-corrected chi connectivity index (χ1v) is 6.10. The minimum atomic E-state index is 0.375. The van der Waals surface area contributed by atoms with Crippen molar-refractivity contribution in [2.24, 2.45) is 5.41 Å². The third-order valence-corrected chi connectivity index (χ3v) is 2.87. The van der Waals surface area contributed by atoms with Gasteiger partial charge in [-0.05, 0) is 45.2 Å². The molecule has 0 radical (unpaired) electrons. The number of furan rings is 1. The predicted octanol–water partition coefficient (Wildman–Crippen LogP) is 3.98. The van der Waals surface area contributed by atoms with Crippen molar-refractivity contribution in [3.8, 4) is 0 Å². The summed E-state index contributed by atoms with van der Waals surface area (Å²) in [6.07, 6.45) is 1.19. The molecular formula is C14H25NO. The van der Waals surface area contributed by atoms with Crippen molar-refractivity contribution in [3.05, 3.63) is 23.2 Å². The molecule has 0 bridgehead atoms. The first-order chi connectivity index (χ1) is 7.29. The van der Waals surface area contributed by atoms with Crippen LogP contribution in [0.15, 0.2) is 10.5 Å². The Labute approximate surface area is 99.4 Å². The van der Waals surface area contributed by atoms with E-state index in [0.29, 0.717) is 11.5 Å². The molecule has 0 saturated heterocycles. The molecule has 1 aromatic rings. The fraction of sp³-hybridized carbons (Fsp3) is 0.714. The van der Waals surface area contributed by atoms with Gasteiger partial charge in [0.25, 0.3) is 0 Å². The molecule has 1 rings (SSSR count). The van der Waals surface area contributed by atoms with Crippen molar-refractivity contribution in [1.29, 1.82) is 0 Å². The van der Waals surface area contributed by atoms with Gasteiger partial charge in [-0.25, -0.2) is 0 Å². The van der Waals surface area contributed by atoms with Crippen molar-refractivity contribution in [1.82, 2.24) is 5.32 Å². The van der Waals surface area contributed by atoms with Crippen LogP contribution in [0.3, 0.4) is 0 Å². The standard InChI is InChI=1S/C14H25NO/c1-10-9-13(12(3)16-10)11(2)15-8-7-14(4,5)6/h9,11,15H,7-8H2,1-6H3. The van der Waals surface area contributed by atoms with Crippen LogP contribution in [0, 0.1) is 19.3 Å². The minimum absolute atomic E-state index is 0.375. The van der Waals surface area contributed by atoms with Gasteiger partial charge >= 0.3 is 0 Å². The fourth-order valence-electron chi connectivity index (χ4n) is 1.85. The summed E-state index contributed by atoms with van der Waals surface area (Å²) in [5, 5.41) is 3.55. The zero-order valence-corrected chi connectivity index (χ0v) is 11.5. The maximum Gasteiger partial charge on any atom is 0.105 e. The molecule has 16 heavy (non-hydrogen) atoms. The monoisotopic (exact) mass is 223 g/mol. The van der Waals surface area contributed by atoms with Gasteiger partial charge in [0, 0.05) is 11.6 Å². The predicted molar refractivity (Wildman–Crippen MR) is 68.7 cm³/mol. The highest BCUT2D eigenvalue weighted by atomic mass is 16.3. The maximum atomic E-state index is 5.54. The number of hydrogen-bond acceptors (Lipinski definition) is 2. The quantitative estimate of drug-likeness (QED) is 0.835. The van der Waals surface area contributed by atoms with Gasteiger partial charge in [-0.1, -0.05) is 20.8 Å². The van der Waals surface area contributed by atoms with Crippen molar-refractivity contribution in [2.45, 2.75) is 54.0 Å². The number of nitrogens with one attached hydrogen (secondary N) is 1. The van der Waals surface area contributed by atoms with Gasteiger partial charge in [0.15, 0.2) is 0 Å². The highest BCUT2D eigenvalue weighted by Gasteiger charge is 2.14. The molecule has 0 aliphatic heterocycles. The van der Waals surface area contributed by atoms with Crippen molar-refractivity contribution < 1.29 is 4.42 Å². The van der Waals surface area contributed by atoms with Crippen LogP contribution in [0.2, 0.25) is 0 Å². The first kappa shape index (κ1) is 13.3. The molecular weight excluding hydrogens is 198 g/mol. The van der Waals surface area contributed by atoms with E-state index in [-0.39, 0.29) is 0 Å². The number of aryl methyl sites for hydroxylation is 2. The smallest absolute Gasteiger partial charge is 0.105 e. The molecule has 0 spiro atoms. The Morgan fingerprint density at radius 3 is 2.38 bits per heavy atom. The topological polar surface area (TPSA) is 25.2 Å². The third kappa shape index (κ3) is 4.01. The molecule has 1 aromatic heterocycles. The van der Waals surface area contributed by atoms with Crippen LogP contribution in [0.4, 0.5) is 0 Å². The van der Waals surface area contributed by atoms with Gasteiger partial charge in [-0.2, -0.15) is 0 Å². The lowest BCUT2D eigenvalue weighted by Crippen LogP contribution is -2.23. The average Bonchev–Trinajstić information content (AvgIpc) is 2.43. The van der Waals surface area contributed by atoms with E-state index in [9.17, 15) is 0 Å². The van der Waals surface area contributed by atoms with E-state index >= 15 is 0 Å². The summed E-state index contributed by atoms with van der Waals surface area (Å²) in [6.45, 7) is 14.1. The molecule has 0 amide bonds. The van der Waals surface area contributed by atoms with E-state index in [1.807, 2.05) is 13.8 Å². The lowest BCUT2D eigenvalue weighted by Gasteiger charge is -2.20. The van der Waals surface area contributed by atoms with Crippen LogP contribution in [0.5, 0.6) is 0 Å². The largest absolute Gasteiger partial charge is 0.466 e. The molecule has 0 fully saturated rings. The van der Waals surface area contributed by atoms with Crippen LogP contribution in [-0.2, 0) is 0 Å². The second-order valence-corrected chi connectivity index (χ2v) is 5.86. The van der Waals surface area contributed by atoms with E-state index < -0.39 is 0 Å². The molecule has 2 nitrogen and oxygen atoms in total. The Morgan fingerprint density at radius 2 is 1.94 bits per heavy atom. The van der Waals surface area contributed by atoms with E-state index in [2.05, 4.69) is 39.1 Å². The molecule has 92 valence electrons. The van der Waals surface area contributed by atoms with Crippen LogP contribution in [0.1, 0.15) is 57.2 Å². The summed E-state index contributed by atoms with van der Waals surface area (Å²) in [4.78, 5) is 0. The summed E-state index contributed by atoms with van der Waals surface area (Å²) in [5.41, 5.74) is 1.68. The SMILES string of the molecule is Cc1cc(C(C)NCCC(C)(C)C)c(C)o1. The normalized spacial score (nSPS) is 14.1. The second-order valence-electron chi connectivity index (χ2n) is 5.86. The van der Waals surface area contributed by atoms with E-state index in [1.165, 1.54) is 12.0 Å². The Kier molecular flexibility index (Phi) is 4.20. The second kappa shape index (κ2) is 5.05. The molecule has 1 atom stereocenters. The molecule has 0 aliphatic carbocycles. The maximum absolute atomic E-state index is 5.54. The van der Waals surface area contributed by atoms with Gasteiger partial charge in [-0.15, -0.1) is 0 Å². The van der Waals surface area contributed by atoms with E-state index in [0.717, 1.165) is 18.1 Å². The molecule has 0 aromatic carbocycles. The molecule has 1 unspecified atom stereocenters. The van der Waals surface area contributed by atoms with E-state index in [1.54, 1.807) is 0 Å². The molecule has 0 saturated carbocycles. The minimum Gasteiger partial charge on any atom is -0.466 e. The zero-order valence-electron chi connectivity index (χ0n) is 11.5. The first-order valence-electron chi connectivity index (χ1n) is 6.10. The Bertz CT molecular complexity index is 333. The third-order valence-electron chi connectivity index (χ3n) is 2.87. The summed E-state index contributed by atoms with van der Waals surface area (Å²) in [7, 11) is 0. The van der Waals surface area contributed by atoms with Crippen LogP contribution in [-0.4, -0.2) is 6.54 Å². The van der Waals surface area contributed by atoms with Gasteiger partial charge in [0.1, 0.15) is 11.5 Å². The summed E-state index contributed by atoms with van der Waals surface area (Å²) >= 11 is 0. The molecule has 2 heteroatoms. The van der Waals surface area contributed by atoms with Gasteiger partial charge in [0.2, 0.25) is 0 Å². The summed E-state index contributed by atoms with van der Waals surface area (Å²) < 4.78 is 5.54. The molecule has 0 aliphatic rings. The van der Waals surface area contributed by atoms with Crippen LogP contribution in [0.25, 0.3) is 0 Å². The van der Waals surface area contributed by atoms with Crippen molar-refractivity contribution in [2.75, 3.05) is 6.54 Å². The van der Waals surface area contributed by atoms with Gasteiger partial charge in [0.05, 0.1) is 0 Å². The van der Waals surface area contributed by atoms with Crippen molar-refractivity contribution >= 4 is 0 Å². The lowest BCUT2D eigenvalue weighted by atomic mass is 9.92. The number of rotatable bonds is 4. The average molecular weight is 223 g/mol. The zero-order chi connectivity index (χ0) is 12.3. The summed E-state index contributed by atoms with van der Waals surface area (Å²) in [6, 6.07) is 2.50. The van der Waals surface area contributed by atoms with E-state index in [4.69, 9.17) is 4.42 Å². The molecule has 1 N–H and O–H groups in total. The number of hydrogen-bond donors (Lipinski definition) is 1. The highest BCUT2D eigenvalue weighted by Crippen LogP contribution is 2.22. The van der Waals surface area contributed by atoms with Gasteiger partial charge in [-0.3, -0.25) is 0 Å². The van der Waals surface area contributed by atoms with Crippen LogP contribution >= 0.6 is 0 Å². The highest BCUT2D eigenvalue weighted by molar-refractivity contribution is 5.23. The van der Waals surface area contributed by atoms with Crippen molar-refractivity contribution in [3.63, 3.8) is 0 Å². The Morgan fingerprint density at radius 1 is 1.31 bits per heavy atom. The molecule has 1 heterocycles. The summed E-state index contributed by atoms with van der Waals surface area (Å²) in [5.74, 6) is 2.03.